The number of carbonyl (C=O) groups is 2. The number of ketones is 1. The fourth-order valence-corrected chi connectivity index (χ4v) is 4.82. The maximum Gasteiger partial charge on any atom is 0.258 e. The Bertz CT molecular complexity index is 685. The maximum absolute atomic E-state index is 12.5. The number of benzene rings is 1. The first-order chi connectivity index (χ1) is 12.5. The summed E-state index contributed by atoms with van der Waals surface area (Å²) in [6.45, 7) is 4.09. The number of nitrogens with two attached hydrogens (primary N) is 1. The van der Waals surface area contributed by atoms with Gasteiger partial charge in [0, 0.05) is 55.6 Å². The first-order valence-corrected chi connectivity index (χ1v) is 9.73. The van der Waals surface area contributed by atoms with Crippen LogP contribution >= 0.6 is 0 Å². The molecule has 6 nitrogen and oxygen atoms in total. The lowest BCUT2D eigenvalue weighted by Gasteiger charge is -2.53. The number of carbonyl (C=O) groups excluding carboxylic acids is 2. The predicted molar refractivity (Wildman–Crippen MR) is 98.5 cm³/mol. The van der Waals surface area contributed by atoms with E-state index in [0.717, 1.165) is 50.8 Å². The van der Waals surface area contributed by atoms with Gasteiger partial charge in [0.1, 0.15) is 6.04 Å². The minimum atomic E-state index is -0.984. The number of nitrogens with zero attached hydrogens (tertiary/aromatic N) is 1. The number of hydrogen-bond donors (Lipinski definition) is 2. The number of Topliss-reactive ketones (excluding diaryl/α,β-unsaturated/α-hetero) is 1. The lowest BCUT2D eigenvalue weighted by atomic mass is 9.86. The summed E-state index contributed by atoms with van der Waals surface area (Å²) >= 11 is 0. The van der Waals surface area contributed by atoms with Crippen molar-refractivity contribution in [3.63, 3.8) is 0 Å². The van der Waals surface area contributed by atoms with Crippen molar-refractivity contribution < 1.29 is 19.2 Å². The quantitative estimate of drug-likeness (QED) is 0.487. The fraction of sp³-hybridized carbons (Fsp3) is 0.600. The zero-order valence-corrected chi connectivity index (χ0v) is 15.5. The highest BCUT2D eigenvalue weighted by Gasteiger charge is 2.48. The van der Waals surface area contributed by atoms with Crippen molar-refractivity contribution in [3.8, 4) is 0 Å². The second-order valence-electron chi connectivity index (χ2n) is 7.54. The Morgan fingerprint density at radius 2 is 1.96 bits per heavy atom. The monoisotopic (exact) mass is 359 g/mol. The van der Waals surface area contributed by atoms with E-state index < -0.39 is 6.09 Å². The molecule has 1 amide bonds. The second-order valence-corrected chi connectivity index (χ2v) is 7.54. The largest absolute Gasteiger partial charge is 0.498 e. The minimum absolute atomic E-state index is 0.00595. The summed E-state index contributed by atoms with van der Waals surface area (Å²) < 4.78 is -0.00858. The molecule has 142 valence electrons. The zero-order chi connectivity index (χ0) is 18.7. The minimum Gasteiger partial charge on any atom is -0.498 e. The number of rotatable bonds is 4. The van der Waals surface area contributed by atoms with Crippen molar-refractivity contribution in [2.24, 2.45) is 0 Å². The lowest BCUT2D eigenvalue weighted by molar-refractivity contribution is -0.933. The number of piperidine rings is 2. The molecule has 0 aliphatic carbocycles. The van der Waals surface area contributed by atoms with E-state index in [2.05, 4.69) is 5.32 Å². The Kier molecular flexibility index (Phi) is 5.63. The van der Waals surface area contributed by atoms with Gasteiger partial charge in [0.05, 0.1) is 12.6 Å². The highest BCUT2D eigenvalue weighted by Crippen LogP contribution is 2.42. The Morgan fingerprint density at radius 1 is 1.23 bits per heavy atom. The molecule has 1 aromatic rings. The third kappa shape index (κ3) is 3.23. The molecular weight excluding hydrogens is 330 g/mol. The topological polar surface area (TPSA) is 95.2 Å². The standard InChI is InChI=1S/C20H29N3O3/c1-2-19(24)16-13-14(6-7-17(16)21)18-5-3-4-12-23(18,20(25)26)15-8-10-22-11-9-15/h6-7,13,15,18,22H,2-5,8-12H2,1H3,(H2-,21,24,25,26). The van der Waals surface area contributed by atoms with Gasteiger partial charge in [-0.2, -0.15) is 0 Å². The SMILES string of the molecule is CCC(=O)c1cc(C2CCCC[N+]2(C(=O)[O-])C2CCNCC2)ccc1N. The number of quaternary nitrogens is 1. The highest BCUT2D eigenvalue weighted by molar-refractivity contribution is 6.00. The van der Waals surface area contributed by atoms with Gasteiger partial charge in [-0.05, 0) is 25.0 Å². The summed E-state index contributed by atoms with van der Waals surface area (Å²) in [5, 5.41) is 15.8. The molecule has 0 bridgehead atoms. The van der Waals surface area contributed by atoms with Crippen LogP contribution in [0.1, 0.15) is 67.4 Å². The van der Waals surface area contributed by atoms with Crippen LogP contribution in [0.25, 0.3) is 0 Å². The van der Waals surface area contributed by atoms with Crippen LogP contribution in [0, 0.1) is 0 Å². The van der Waals surface area contributed by atoms with Gasteiger partial charge in [-0.15, -0.1) is 0 Å². The van der Waals surface area contributed by atoms with E-state index in [4.69, 9.17) is 5.73 Å². The van der Waals surface area contributed by atoms with Crippen LogP contribution in [0.15, 0.2) is 18.2 Å². The van der Waals surface area contributed by atoms with E-state index in [1.54, 1.807) is 6.07 Å². The van der Waals surface area contributed by atoms with Gasteiger partial charge in [0.2, 0.25) is 0 Å². The number of amides is 1. The number of anilines is 1. The van der Waals surface area contributed by atoms with E-state index in [-0.39, 0.29) is 22.3 Å². The normalized spacial score (nSPS) is 27.2. The van der Waals surface area contributed by atoms with Gasteiger partial charge >= 0.3 is 0 Å². The third-order valence-corrected chi connectivity index (χ3v) is 6.20. The van der Waals surface area contributed by atoms with E-state index in [9.17, 15) is 14.7 Å². The second kappa shape index (κ2) is 7.76. The predicted octanol–water partition coefficient (Wildman–Crippen LogP) is 2.00. The van der Waals surface area contributed by atoms with Crippen molar-refractivity contribution in [2.45, 2.75) is 57.5 Å². The van der Waals surface area contributed by atoms with Gasteiger partial charge < -0.3 is 21.0 Å². The summed E-state index contributed by atoms with van der Waals surface area (Å²) in [6, 6.07) is 5.35. The van der Waals surface area contributed by atoms with E-state index in [1.165, 1.54) is 0 Å². The van der Waals surface area contributed by atoms with Crippen LogP contribution in [0.5, 0.6) is 0 Å². The molecule has 26 heavy (non-hydrogen) atoms. The van der Waals surface area contributed by atoms with Crippen LogP contribution in [0.4, 0.5) is 10.5 Å². The van der Waals surface area contributed by atoms with E-state index >= 15 is 0 Å². The van der Waals surface area contributed by atoms with Crippen molar-refractivity contribution in [3.05, 3.63) is 29.3 Å². The molecule has 2 saturated heterocycles. The molecule has 2 unspecified atom stereocenters. The number of hydrogen-bond acceptors (Lipinski definition) is 5. The van der Waals surface area contributed by atoms with Crippen LogP contribution in [-0.2, 0) is 0 Å². The fourth-order valence-electron chi connectivity index (χ4n) is 4.82. The van der Waals surface area contributed by atoms with Crippen LogP contribution in [0.2, 0.25) is 0 Å². The van der Waals surface area contributed by atoms with Gasteiger partial charge in [-0.25, -0.2) is 0 Å². The maximum atomic E-state index is 12.5. The molecule has 1 aromatic carbocycles. The molecular formula is C20H29N3O3. The van der Waals surface area contributed by atoms with Crippen LogP contribution in [0.3, 0.4) is 0 Å². The van der Waals surface area contributed by atoms with E-state index in [0.29, 0.717) is 24.2 Å². The Morgan fingerprint density at radius 3 is 2.62 bits per heavy atom. The van der Waals surface area contributed by atoms with Crippen molar-refractivity contribution in [2.75, 3.05) is 25.4 Å². The molecule has 2 fully saturated rings. The summed E-state index contributed by atoms with van der Waals surface area (Å²) in [5.74, 6) is -0.00595. The molecule has 6 heteroatoms. The summed E-state index contributed by atoms with van der Waals surface area (Å²) in [4.78, 5) is 24.7. The number of likely N-dealkylation sites (tertiary alicyclic amines) is 1. The smallest absolute Gasteiger partial charge is 0.258 e. The summed E-state index contributed by atoms with van der Waals surface area (Å²) in [5.41, 5.74) is 7.88. The molecule has 2 aliphatic rings. The Hall–Kier alpha value is -1.92. The molecule has 0 radical (unpaired) electrons. The first-order valence-electron chi connectivity index (χ1n) is 9.73. The van der Waals surface area contributed by atoms with Crippen LogP contribution in [-0.4, -0.2) is 42.0 Å². The number of carboxylic acid groups (broad SMARTS) is 1. The van der Waals surface area contributed by atoms with Gasteiger partial charge in [0.25, 0.3) is 6.09 Å². The number of nitrogen functional groups attached to an aromatic ring is 1. The average molecular weight is 359 g/mol. The molecule has 2 heterocycles. The summed E-state index contributed by atoms with van der Waals surface area (Å²) in [6.07, 6.45) is 3.74. The molecule has 0 spiro atoms. The van der Waals surface area contributed by atoms with Crippen molar-refractivity contribution in [1.82, 2.24) is 5.32 Å². The zero-order valence-electron chi connectivity index (χ0n) is 15.5. The van der Waals surface area contributed by atoms with Crippen molar-refractivity contribution >= 4 is 17.6 Å². The Labute approximate surface area is 155 Å². The van der Waals surface area contributed by atoms with Crippen LogP contribution < -0.4 is 16.2 Å². The average Bonchev–Trinajstić information content (AvgIpc) is 2.68. The first kappa shape index (κ1) is 18.9. The molecule has 2 aliphatic heterocycles. The van der Waals surface area contributed by atoms with Gasteiger partial charge in [-0.1, -0.05) is 13.0 Å². The molecule has 0 aromatic heterocycles. The Balaban J connectivity index is 2.05. The molecule has 3 N–H and O–H groups in total. The molecule has 0 saturated carbocycles. The third-order valence-electron chi connectivity index (χ3n) is 6.20. The molecule has 3 rings (SSSR count). The van der Waals surface area contributed by atoms with Crippen molar-refractivity contribution in [1.29, 1.82) is 0 Å². The molecule has 2 atom stereocenters. The van der Waals surface area contributed by atoms with Gasteiger partial charge in [0.15, 0.2) is 5.78 Å². The van der Waals surface area contributed by atoms with E-state index in [1.807, 2.05) is 19.1 Å². The lowest BCUT2D eigenvalue weighted by Crippen LogP contribution is -2.68. The highest BCUT2D eigenvalue weighted by atomic mass is 16.4. The number of nitrogens with one attached hydrogen (secondary N) is 1. The summed E-state index contributed by atoms with van der Waals surface area (Å²) in [7, 11) is 0. The van der Waals surface area contributed by atoms with Gasteiger partial charge in [-0.3, -0.25) is 9.28 Å².